The van der Waals surface area contributed by atoms with E-state index >= 15 is 0 Å². The Hall–Kier alpha value is -5.27. The summed E-state index contributed by atoms with van der Waals surface area (Å²) in [7, 11) is 0. The van der Waals surface area contributed by atoms with Gasteiger partial charge >= 0.3 is 5.97 Å². The van der Waals surface area contributed by atoms with Crippen molar-refractivity contribution in [2.45, 2.75) is 20.8 Å². The lowest BCUT2D eigenvalue weighted by molar-refractivity contribution is -0.385. The number of hydrogen-bond donors (Lipinski definition) is 0. The molecule has 0 aromatic heterocycles. The van der Waals surface area contributed by atoms with E-state index in [0.29, 0.717) is 5.57 Å². The van der Waals surface area contributed by atoms with Crippen LogP contribution in [0.25, 0.3) is 0 Å². The molecule has 2 heterocycles. The minimum Gasteiger partial charge on any atom is -0.463 e. The number of amides is 4. The molecule has 14 nitrogen and oxygen atoms in total. The van der Waals surface area contributed by atoms with E-state index in [1.807, 2.05) is 0 Å². The van der Waals surface area contributed by atoms with Crippen LogP contribution in [0, 0.1) is 55.2 Å². The maximum Gasteiger partial charge on any atom is 0.334 e. The van der Waals surface area contributed by atoms with Crippen LogP contribution in [0.3, 0.4) is 0 Å². The first kappa shape index (κ1) is 27.9. The molecule has 220 valence electrons. The van der Waals surface area contributed by atoms with Crippen LogP contribution in [0.15, 0.2) is 59.7 Å². The van der Waals surface area contributed by atoms with Crippen molar-refractivity contribution in [2.24, 2.45) is 35.0 Å². The monoisotopic (exact) mass is 588 g/mol. The van der Waals surface area contributed by atoms with Gasteiger partial charge < -0.3 is 4.74 Å². The molecule has 43 heavy (non-hydrogen) atoms. The van der Waals surface area contributed by atoms with Crippen LogP contribution in [0.4, 0.5) is 22.7 Å². The molecule has 5 aliphatic rings. The average Bonchev–Trinajstić information content (AvgIpc) is 3.39. The topological polar surface area (TPSA) is 187 Å². The predicted molar refractivity (Wildman–Crippen MR) is 146 cm³/mol. The summed E-state index contributed by atoms with van der Waals surface area (Å²) in [6.45, 7) is 4.73. The highest BCUT2D eigenvalue weighted by Gasteiger charge is 2.77. The molecule has 2 saturated heterocycles. The standard InChI is InChI=1S/C29H24N4O10/c1-4-43-28(38)21-13(2)18-19-22(26(36)30(24(19)34)14-5-9-16(10-6-14)32(39)40)29(21,3)23-20(18)25(35)31(27(23)37)15-7-11-17(12-8-15)33(41)42/h5-12,18-20,22-23H,4H2,1-3H3/t18?,19-,20-,22-,23+,29?/m1/s1. The summed E-state index contributed by atoms with van der Waals surface area (Å²) < 4.78 is 5.34. The highest BCUT2D eigenvalue weighted by Crippen LogP contribution is 2.68. The Kier molecular flexibility index (Phi) is 6.08. The molecule has 4 amide bonds. The summed E-state index contributed by atoms with van der Waals surface area (Å²) in [4.78, 5) is 92.7. The molecule has 2 aromatic rings. The molecule has 3 fully saturated rings. The zero-order valence-corrected chi connectivity index (χ0v) is 23.1. The first-order valence-corrected chi connectivity index (χ1v) is 13.5. The normalized spacial score (nSPS) is 29.2. The number of ether oxygens (including phenoxy) is 1. The number of carbonyl (C=O) groups excluding carboxylic acids is 5. The van der Waals surface area contributed by atoms with Gasteiger partial charge in [-0.25, -0.2) is 14.6 Å². The van der Waals surface area contributed by atoms with Gasteiger partial charge in [-0.1, -0.05) is 12.5 Å². The first-order chi connectivity index (χ1) is 20.4. The van der Waals surface area contributed by atoms with E-state index in [2.05, 4.69) is 0 Å². The molecule has 2 aromatic carbocycles. The number of nitrogens with zero attached hydrogens (tertiary/aromatic N) is 4. The maximum absolute atomic E-state index is 14.1. The second-order valence-corrected chi connectivity index (χ2v) is 11.2. The van der Waals surface area contributed by atoms with Crippen LogP contribution in [0.2, 0.25) is 0 Å². The van der Waals surface area contributed by atoms with Crippen LogP contribution >= 0.6 is 0 Å². The third-order valence-electron chi connectivity index (χ3n) is 9.32. The van der Waals surface area contributed by atoms with Crippen LogP contribution in [0.5, 0.6) is 0 Å². The van der Waals surface area contributed by atoms with E-state index in [1.54, 1.807) is 13.8 Å². The lowest BCUT2D eigenvalue weighted by Gasteiger charge is -2.55. The highest BCUT2D eigenvalue weighted by atomic mass is 16.6. The van der Waals surface area contributed by atoms with Crippen LogP contribution in [-0.4, -0.2) is 46.1 Å². The summed E-state index contributed by atoms with van der Waals surface area (Å²) in [5, 5.41) is 22.3. The summed E-state index contributed by atoms with van der Waals surface area (Å²) in [5.41, 5.74) is -1.50. The number of nitro benzene ring substituents is 2. The molecule has 1 saturated carbocycles. The zero-order valence-electron chi connectivity index (χ0n) is 23.1. The number of esters is 1. The van der Waals surface area contributed by atoms with Crippen molar-refractivity contribution in [1.82, 2.24) is 0 Å². The number of imide groups is 2. The number of anilines is 2. The fourth-order valence-corrected chi connectivity index (χ4v) is 7.76. The largest absolute Gasteiger partial charge is 0.463 e. The van der Waals surface area contributed by atoms with Gasteiger partial charge in [-0.3, -0.25) is 39.4 Å². The van der Waals surface area contributed by atoms with Gasteiger partial charge in [-0.2, -0.15) is 0 Å². The molecule has 0 spiro atoms. The Balaban J connectivity index is 1.49. The van der Waals surface area contributed by atoms with E-state index in [-0.39, 0.29) is 34.9 Å². The third kappa shape index (κ3) is 3.55. The van der Waals surface area contributed by atoms with Crippen molar-refractivity contribution in [3.8, 4) is 0 Å². The molecule has 0 N–H and O–H groups in total. The first-order valence-electron chi connectivity index (χ1n) is 13.5. The van der Waals surface area contributed by atoms with Gasteiger partial charge in [-0.15, -0.1) is 0 Å². The van der Waals surface area contributed by atoms with E-state index in [4.69, 9.17) is 4.74 Å². The molecule has 0 radical (unpaired) electrons. The zero-order chi connectivity index (χ0) is 31.1. The Morgan fingerprint density at radius 3 is 1.51 bits per heavy atom. The molecule has 7 rings (SSSR count). The second-order valence-electron chi connectivity index (χ2n) is 11.2. The van der Waals surface area contributed by atoms with E-state index in [1.165, 1.54) is 31.2 Å². The maximum atomic E-state index is 14.1. The third-order valence-corrected chi connectivity index (χ3v) is 9.32. The van der Waals surface area contributed by atoms with Gasteiger partial charge in [0.2, 0.25) is 23.6 Å². The van der Waals surface area contributed by atoms with Crippen molar-refractivity contribution in [3.05, 3.63) is 79.9 Å². The lowest BCUT2D eigenvalue weighted by Crippen LogP contribution is -2.61. The van der Waals surface area contributed by atoms with Gasteiger partial charge in [0.1, 0.15) is 0 Å². The van der Waals surface area contributed by atoms with Crippen LogP contribution in [0.1, 0.15) is 20.8 Å². The Bertz CT molecular complexity index is 1590. The number of rotatable bonds is 6. The summed E-state index contributed by atoms with van der Waals surface area (Å²) in [6.07, 6.45) is 0. The van der Waals surface area contributed by atoms with Crippen molar-refractivity contribution < 1.29 is 38.6 Å². The van der Waals surface area contributed by atoms with Gasteiger partial charge in [0.15, 0.2) is 0 Å². The SMILES string of the molecule is CCOC(=O)C1=C(C)C2[C@H]3C(=O)N(c4ccc([N+](=O)[O-])cc4)C(=O)[C@H]3C1(C)[C@H]1C(=O)N(c3ccc([N+](=O)[O-])cc3)C(=O)[C@H]21. The predicted octanol–water partition coefficient (Wildman–Crippen LogP) is 2.94. The molecule has 2 aliphatic heterocycles. The van der Waals surface area contributed by atoms with E-state index < -0.39 is 74.4 Å². The van der Waals surface area contributed by atoms with E-state index in [9.17, 15) is 44.2 Å². The van der Waals surface area contributed by atoms with Gasteiger partial charge in [0.05, 0.1) is 51.5 Å². The quantitative estimate of drug-likeness (QED) is 0.210. The molecular formula is C29H24N4O10. The minimum atomic E-state index is -1.63. The number of hydrogen-bond acceptors (Lipinski definition) is 10. The van der Waals surface area contributed by atoms with Crippen molar-refractivity contribution in [1.29, 1.82) is 0 Å². The second kappa shape index (κ2) is 9.37. The van der Waals surface area contributed by atoms with Crippen LogP contribution < -0.4 is 9.80 Å². The molecule has 3 aliphatic carbocycles. The summed E-state index contributed by atoms with van der Waals surface area (Å²) >= 11 is 0. The summed E-state index contributed by atoms with van der Waals surface area (Å²) in [5.74, 6) is -9.05. The fraction of sp³-hybridized carbons (Fsp3) is 0.345. The molecule has 14 heteroatoms. The number of allylic oxidation sites excluding steroid dienone is 1. The van der Waals surface area contributed by atoms with Gasteiger partial charge in [-0.05, 0) is 38.1 Å². The average molecular weight is 589 g/mol. The van der Waals surface area contributed by atoms with Gasteiger partial charge in [0, 0.05) is 41.2 Å². The molecule has 2 unspecified atom stereocenters. The molecule has 6 atom stereocenters. The smallest absolute Gasteiger partial charge is 0.334 e. The fourth-order valence-electron chi connectivity index (χ4n) is 7.76. The van der Waals surface area contributed by atoms with Crippen molar-refractivity contribution >= 4 is 52.3 Å². The molecular weight excluding hydrogens is 564 g/mol. The summed E-state index contributed by atoms with van der Waals surface area (Å²) in [6, 6.07) is 9.73. The highest BCUT2D eigenvalue weighted by molar-refractivity contribution is 6.27. The van der Waals surface area contributed by atoms with E-state index in [0.717, 1.165) is 34.1 Å². The number of nitro groups is 2. The number of benzene rings is 2. The lowest BCUT2D eigenvalue weighted by atomic mass is 9.43. The van der Waals surface area contributed by atoms with Crippen molar-refractivity contribution in [3.63, 3.8) is 0 Å². The van der Waals surface area contributed by atoms with Crippen molar-refractivity contribution in [2.75, 3.05) is 16.4 Å². The number of non-ortho nitro benzene ring substituents is 2. The van der Waals surface area contributed by atoms with Crippen LogP contribution in [-0.2, 0) is 28.7 Å². The minimum absolute atomic E-state index is 0.00213. The number of carbonyl (C=O) groups is 5. The Morgan fingerprint density at radius 1 is 0.767 bits per heavy atom. The Labute approximate surface area is 243 Å². The van der Waals surface area contributed by atoms with Gasteiger partial charge in [0.25, 0.3) is 11.4 Å². The Morgan fingerprint density at radius 2 is 1.16 bits per heavy atom. The molecule has 2 bridgehead atoms.